The Balaban J connectivity index is 2.55. The minimum atomic E-state index is 0.755. The molecule has 0 spiro atoms. The number of rotatable bonds is 0. The molecular formula is C10H16. The summed E-state index contributed by atoms with van der Waals surface area (Å²) in [5.74, 6) is 1.60. The summed E-state index contributed by atoms with van der Waals surface area (Å²) >= 11 is 0. The lowest BCUT2D eigenvalue weighted by atomic mass is 9.90. The van der Waals surface area contributed by atoms with Crippen molar-refractivity contribution < 1.29 is 0 Å². The van der Waals surface area contributed by atoms with Gasteiger partial charge < -0.3 is 0 Å². The maximum absolute atomic E-state index is 2.33. The Bertz CT molecular complexity index is 142. The van der Waals surface area contributed by atoms with Gasteiger partial charge in [-0.15, -0.1) is 0 Å². The molecule has 0 amide bonds. The zero-order valence-electron chi connectivity index (χ0n) is 6.88. The van der Waals surface area contributed by atoms with Crippen molar-refractivity contribution in [2.45, 2.75) is 26.7 Å². The molecule has 0 heterocycles. The fourth-order valence-electron chi connectivity index (χ4n) is 1.23. The molecule has 0 aromatic heterocycles. The van der Waals surface area contributed by atoms with Gasteiger partial charge in [0.05, 0.1) is 0 Å². The molecule has 0 heteroatoms. The Labute approximate surface area is 63.6 Å². The Morgan fingerprint density at radius 3 is 2.80 bits per heavy atom. The molecule has 1 rings (SSSR count). The third-order valence-corrected chi connectivity index (χ3v) is 2.35. The summed E-state index contributed by atoms with van der Waals surface area (Å²) in [5, 5.41) is 0. The third kappa shape index (κ3) is 2.02. The van der Waals surface area contributed by atoms with Crippen molar-refractivity contribution in [1.82, 2.24) is 0 Å². The molecule has 0 saturated carbocycles. The van der Waals surface area contributed by atoms with E-state index in [0.717, 1.165) is 11.8 Å². The van der Waals surface area contributed by atoms with Crippen molar-refractivity contribution in [2.24, 2.45) is 11.8 Å². The fraction of sp³-hybridized carbons (Fsp3) is 0.600. The molecule has 1 aliphatic carbocycles. The molecule has 10 heavy (non-hydrogen) atoms. The predicted octanol–water partition coefficient (Wildman–Crippen LogP) is 3.16. The van der Waals surface area contributed by atoms with Gasteiger partial charge in [-0.05, 0) is 24.7 Å². The summed E-state index contributed by atoms with van der Waals surface area (Å²) in [6, 6.07) is 0. The highest BCUT2D eigenvalue weighted by Crippen LogP contribution is 2.19. The quantitative estimate of drug-likeness (QED) is 0.480. The van der Waals surface area contributed by atoms with E-state index in [4.69, 9.17) is 0 Å². The lowest BCUT2D eigenvalue weighted by molar-refractivity contribution is 0.430. The predicted molar refractivity (Wildman–Crippen MR) is 45.8 cm³/mol. The van der Waals surface area contributed by atoms with Gasteiger partial charge in [0.25, 0.3) is 0 Å². The Morgan fingerprint density at radius 1 is 1.20 bits per heavy atom. The molecule has 0 saturated heterocycles. The van der Waals surface area contributed by atoms with Crippen LogP contribution in [-0.2, 0) is 0 Å². The van der Waals surface area contributed by atoms with Gasteiger partial charge in [0.2, 0.25) is 0 Å². The van der Waals surface area contributed by atoms with Crippen molar-refractivity contribution in [3.63, 3.8) is 0 Å². The van der Waals surface area contributed by atoms with E-state index in [1.807, 2.05) is 0 Å². The van der Waals surface area contributed by atoms with Gasteiger partial charge in [0.15, 0.2) is 0 Å². The van der Waals surface area contributed by atoms with Gasteiger partial charge in [-0.1, -0.05) is 38.2 Å². The van der Waals surface area contributed by atoms with Crippen LogP contribution >= 0.6 is 0 Å². The minimum Gasteiger partial charge on any atom is -0.0845 e. The van der Waals surface area contributed by atoms with Crippen LogP contribution in [0.1, 0.15) is 26.7 Å². The highest BCUT2D eigenvalue weighted by Gasteiger charge is 2.07. The van der Waals surface area contributed by atoms with Crippen molar-refractivity contribution in [3.05, 3.63) is 24.3 Å². The van der Waals surface area contributed by atoms with Crippen molar-refractivity contribution in [2.75, 3.05) is 0 Å². The standard InChI is InChI=1S/C10H16/c1-9-7-5-3-4-6-8-10(9)2/h3-5,7,9-10H,6,8H2,1-2H3. The topological polar surface area (TPSA) is 0 Å². The zero-order valence-corrected chi connectivity index (χ0v) is 6.88. The lowest BCUT2D eigenvalue weighted by Gasteiger charge is -2.16. The second kappa shape index (κ2) is 3.60. The Hall–Kier alpha value is -0.520. The first kappa shape index (κ1) is 7.59. The molecule has 0 aromatic rings. The second-order valence-corrected chi connectivity index (χ2v) is 3.23. The normalized spacial score (nSPS) is 33.4. The van der Waals surface area contributed by atoms with Crippen molar-refractivity contribution >= 4 is 0 Å². The largest absolute Gasteiger partial charge is 0.0845 e. The number of allylic oxidation sites excluding steroid dienone is 4. The molecule has 0 N–H and O–H groups in total. The maximum atomic E-state index is 2.33. The summed E-state index contributed by atoms with van der Waals surface area (Å²) in [5.41, 5.74) is 0. The average Bonchev–Trinajstić information content (AvgIpc) is 1.92. The van der Waals surface area contributed by atoms with Gasteiger partial charge in [-0.3, -0.25) is 0 Å². The molecule has 0 radical (unpaired) electrons. The highest BCUT2D eigenvalue weighted by molar-refractivity contribution is 5.06. The van der Waals surface area contributed by atoms with E-state index in [-0.39, 0.29) is 0 Å². The van der Waals surface area contributed by atoms with Crippen LogP contribution in [-0.4, -0.2) is 0 Å². The summed E-state index contributed by atoms with van der Waals surface area (Å²) in [6.07, 6.45) is 11.4. The van der Waals surface area contributed by atoms with Gasteiger partial charge >= 0.3 is 0 Å². The zero-order chi connectivity index (χ0) is 7.40. The maximum Gasteiger partial charge on any atom is -0.0233 e. The first-order valence-electron chi connectivity index (χ1n) is 4.14. The molecule has 0 fully saturated rings. The summed E-state index contributed by atoms with van der Waals surface area (Å²) in [4.78, 5) is 0. The van der Waals surface area contributed by atoms with E-state index in [9.17, 15) is 0 Å². The number of hydrogen-bond acceptors (Lipinski definition) is 0. The van der Waals surface area contributed by atoms with Crippen LogP contribution in [0.25, 0.3) is 0 Å². The SMILES string of the molecule is CC1C=CC=CCCC1C. The molecule has 2 unspecified atom stereocenters. The molecule has 0 aromatic carbocycles. The first-order valence-corrected chi connectivity index (χ1v) is 4.14. The van der Waals surface area contributed by atoms with Crippen LogP contribution in [0.2, 0.25) is 0 Å². The van der Waals surface area contributed by atoms with E-state index in [1.165, 1.54) is 12.8 Å². The molecule has 1 aliphatic rings. The summed E-state index contributed by atoms with van der Waals surface area (Å²) < 4.78 is 0. The first-order chi connectivity index (χ1) is 4.80. The summed E-state index contributed by atoms with van der Waals surface area (Å²) in [6.45, 7) is 4.62. The van der Waals surface area contributed by atoms with Crippen molar-refractivity contribution in [3.8, 4) is 0 Å². The highest BCUT2D eigenvalue weighted by atomic mass is 14.1. The van der Waals surface area contributed by atoms with Crippen LogP contribution in [0.15, 0.2) is 24.3 Å². The molecule has 0 aliphatic heterocycles. The number of hydrogen-bond donors (Lipinski definition) is 0. The smallest absolute Gasteiger partial charge is 0.0233 e. The van der Waals surface area contributed by atoms with Crippen molar-refractivity contribution in [1.29, 1.82) is 0 Å². The van der Waals surface area contributed by atoms with Gasteiger partial charge in [-0.25, -0.2) is 0 Å². The van der Waals surface area contributed by atoms with E-state index < -0.39 is 0 Å². The third-order valence-electron chi connectivity index (χ3n) is 2.35. The van der Waals surface area contributed by atoms with E-state index in [1.54, 1.807) is 0 Å². The molecular weight excluding hydrogens is 120 g/mol. The fourth-order valence-corrected chi connectivity index (χ4v) is 1.23. The van der Waals surface area contributed by atoms with Crippen LogP contribution < -0.4 is 0 Å². The molecule has 0 nitrogen and oxygen atoms in total. The monoisotopic (exact) mass is 136 g/mol. The van der Waals surface area contributed by atoms with Gasteiger partial charge in [0, 0.05) is 0 Å². The molecule has 0 bridgehead atoms. The van der Waals surface area contributed by atoms with E-state index in [0.29, 0.717) is 0 Å². The molecule has 56 valence electrons. The Kier molecular flexibility index (Phi) is 2.73. The van der Waals surface area contributed by atoms with E-state index >= 15 is 0 Å². The second-order valence-electron chi connectivity index (χ2n) is 3.23. The average molecular weight is 136 g/mol. The lowest BCUT2D eigenvalue weighted by Crippen LogP contribution is -2.05. The van der Waals surface area contributed by atoms with Crippen LogP contribution in [0, 0.1) is 11.8 Å². The van der Waals surface area contributed by atoms with Crippen LogP contribution in [0.3, 0.4) is 0 Å². The molecule has 2 atom stereocenters. The van der Waals surface area contributed by atoms with Crippen LogP contribution in [0.5, 0.6) is 0 Å². The summed E-state index contributed by atoms with van der Waals surface area (Å²) in [7, 11) is 0. The van der Waals surface area contributed by atoms with E-state index in [2.05, 4.69) is 38.2 Å². The van der Waals surface area contributed by atoms with Gasteiger partial charge in [-0.2, -0.15) is 0 Å². The van der Waals surface area contributed by atoms with Gasteiger partial charge in [0.1, 0.15) is 0 Å². The minimum absolute atomic E-state index is 0.755. The van der Waals surface area contributed by atoms with Crippen LogP contribution in [0.4, 0.5) is 0 Å². The Morgan fingerprint density at radius 2 is 2.00 bits per heavy atom.